The van der Waals surface area contributed by atoms with E-state index < -0.39 is 0 Å². The van der Waals surface area contributed by atoms with Crippen LogP contribution in [0.2, 0.25) is 0 Å². The van der Waals surface area contributed by atoms with Crippen molar-refractivity contribution in [1.82, 2.24) is 5.32 Å². The summed E-state index contributed by atoms with van der Waals surface area (Å²) in [5.74, 6) is -0.0246. The average Bonchev–Trinajstić information content (AvgIpc) is 2.36. The van der Waals surface area contributed by atoms with E-state index in [9.17, 15) is 9.59 Å². The number of benzene rings is 1. The summed E-state index contributed by atoms with van der Waals surface area (Å²) < 4.78 is 0. The molecule has 5 nitrogen and oxygen atoms in total. The Kier molecular flexibility index (Phi) is 4.09. The van der Waals surface area contributed by atoms with Crippen LogP contribution in [-0.4, -0.2) is 23.9 Å². The second-order valence-corrected chi connectivity index (χ2v) is 6.07. The van der Waals surface area contributed by atoms with Gasteiger partial charge in [-0.15, -0.1) is 0 Å². The largest absolute Gasteiger partial charge is 0.326 e. The van der Waals surface area contributed by atoms with Crippen molar-refractivity contribution in [2.45, 2.75) is 39.2 Å². The Hall–Kier alpha value is -1.88. The van der Waals surface area contributed by atoms with Crippen LogP contribution in [0.1, 0.15) is 32.8 Å². The van der Waals surface area contributed by atoms with Crippen molar-refractivity contribution in [1.29, 1.82) is 0 Å². The third-order valence-electron chi connectivity index (χ3n) is 3.06. The Labute approximate surface area is 119 Å². The monoisotopic (exact) mass is 275 g/mol. The Balaban J connectivity index is 1.97. The van der Waals surface area contributed by atoms with Gasteiger partial charge in [0.15, 0.2) is 0 Å². The predicted octanol–water partition coefficient (Wildman–Crippen LogP) is 1.90. The van der Waals surface area contributed by atoms with Crippen molar-refractivity contribution in [2.24, 2.45) is 0 Å². The van der Waals surface area contributed by atoms with E-state index in [1.54, 1.807) is 6.07 Å². The molecule has 0 radical (unpaired) electrons. The number of nitrogens with one attached hydrogen (secondary N) is 3. The second-order valence-electron chi connectivity index (χ2n) is 6.07. The summed E-state index contributed by atoms with van der Waals surface area (Å²) in [7, 11) is 0. The lowest BCUT2D eigenvalue weighted by molar-refractivity contribution is -0.117. The standard InChI is InChI=1S/C15H21N3O2/c1-15(2,3)16-9-14(20)17-11-5-6-12-10(8-11)4-7-13(19)18-12/h5-6,8,16H,4,7,9H2,1-3H3,(H,17,20)(H,18,19). The van der Waals surface area contributed by atoms with Crippen molar-refractivity contribution in [3.8, 4) is 0 Å². The highest BCUT2D eigenvalue weighted by Crippen LogP contribution is 2.25. The second kappa shape index (κ2) is 5.63. The molecule has 5 heteroatoms. The molecule has 0 aromatic heterocycles. The number of carbonyl (C=O) groups excluding carboxylic acids is 2. The van der Waals surface area contributed by atoms with Gasteiger partial charge in [0.1, 0.15) is 0 Å². The molecule has 2 amide bonds. The van der Waals surface area contributed by atoms with Crippen LogP contribution in [0.5, 0.6) is 0 Å². The van der Waals surface area contributed by atoms with Gasteiger partial charge in [-0.2, -0.15) is 0 Å². The molecule has 2 rings (SSSR count). The third kappa shape index (κ3) is 4.06. The van der Waals surface area contributed by atoms with Gasteiger partial charge in [0.2, 0.25) is 11.8 Å². The van der Waals surface area contributed by atoms with Crippen LogP contribution in [-0.2, 0) is 16.0 Å². The fourth-order valence-electron chi connectivity index (χ4n) is 2.01. The van der Waals surface area contributed by atoms with Crippen LogP contribution in [0.3, 0.4) is 0 Å². The van der Waals surface area contributed by atoms with Crippen molar-refractivity contribution in [3.05, 3.63) is 23.8 Å². The van der Waals surface area contributed by atoms with Gasteiger partial charge in [-0.25, -0.2) is 0 Å². The lowest BCUT2D eigenvalue weighted by atomic mass is 10.0. The first-order valence-corrected chi connectivity index (χ1v) is 6.81. The van der Waals surface area contributed by atoms with E-state index >= 15 is 0 Å². The van der Waals surface area contributed by atoms with Gasteiger partial charge < -0.3 is 16.0 Å². The van der Waals surface area contributed by atoms with Gasteiger partial charge in [-0.1, -0.05) is 0 Å². The fraction of sp³-hybridized carbons (Fsp3) is 0.467. The first-order valence-electron chi connectivity index (χ1n) is 6.81. The molecule has 20 heavy (non-hydrogen) atoms. The summed E-state index contributed by atoms with van der Waals surface area (Å²) >= 11 is 0. The third-order valence-corrected chi connectivity index (χ3v) is 3.06. The highest BCUT2D eigenvalue weighted by Gasteiger charge is 2.16. The van der Waals surface area contributed by atoms with Crippen molar-refractivity contribution < 1.29 is 9.59 Å². The van der Waals surface area contributed by atoms with Crippen LogP contribution < -0.4 is 16.0 Å². The number of hydrogen-bond acceptors (Lipinski definition) is 3. The highest BCUT2D eigenvalue weighted by atomic mass is 16.2. The molecule has 0 bridgehead atoms. The molecule has 1 aliphatic rings. The van der Waals surface area contributed by atoms with Gasteiger partial charge in [-0.3, -0.25) is 9.59 Å². The zero-order chi connectivity index (χ0) is 14.8. The molecule has 1 aliphatic heterocycles. The topological polar surface area (TPSA) is 70.2 Å². The van der Waals surface area contributed by atoms with Crippen LogP contribution in [0.4, 0.5) is 11.4 Å². The van der Waals surface area contributed by atoms with Crippen molar-refractivity contribution >= 4 is 23.2 Å². The molecule has 0 fully saturated rings. The first-order chi connectivity index (χ1) is 9.33. The molecule has 0 spiro atoms. The van der Waals surface area contributed by atoms with E-state index in [2.05, 4.69) is 16.0 Å². The molecule has 3 N–H and O–H groups in total. The number of amides is 2. The van der Waals surface area contributed by atoms with E-state index in [0.29, 0.717) is 12.8 Å². The number of rotatable bonds is 3. The van der Waals surface area contributed by atoms with Crippen LogP contribution in [0.15, 0.2) is 18.2 Å². The molecule has 1 aromatic rings. The molecular weight excluding hydrogens is 254 g/mol. The van der Waals surface area contributed by atoms with Crippen LogP contribution >= 0.6 is 0 Å². The van der Waals surface area contributed by atoms with Gasteiger partial charge in [0.05, 0.1) is 6.54 Å². The Morgan fingerprint density at radius 3 is 2.75 bits per heavy atom. The maximum Gasteiger partial charge on any atom is 0.238 e. The predicted molar refractivity (Wildman–Crippen MR) is 79.8 cm³/mol. The van der Waals surface area contributed by atoms with E-state index in [0.717, 1.165) is 16.9 Å². The van der Waals surface area contributed by atoms with Gasteiger partial charge in [-0.05, 0) is 51.0 Å². The molecule has 0 saturated carbocycles. The van der Waals surface area contributed by atoms with E-state index in [1.807, 2.05) is 32.9 Å². The average molecular weight is 275 g/mol. The Morgan fingerprint density at radius 2 is 2.05 bits per heavy atom. The minimum Gasteiger partial charge on any atom is -0.326 e. The normalized spacial score (nSPS) is 14.4. The summed E-state index contributed by atoms with van der Waals surface area (Å²) in [6, 6.07) is 5.56. The zero-order valence-corrected chi connectivity index (χ0v) is 12.2. The summed E-state index contributed by atoms with van der Waals surface area (Å²) in [5, 5.41) is 8.82. The maximum atomic E-state index is 11.8. The molecule has 1 aromatic carbocycles. The quantitative estimate of drug-likeness (QED) is 0.789. The molecule has 1 heterocycles. The van der Waals surface area contributed by atoms with Crippen molar-refractivity contribution in [3.63, 3.8) is 0 Å². The van der Waals surface area contributed by atoms with E-state index in [4.69, 9.17) is 0 Å². The number of hydrogen-bond donors (Lipinski definition) is 3. The fourth-order valence-corrected chi connectivity index (χ4v) is 2.01. The molecule has 0 atom stereocenters. The maximum absolute atomic E-state index is 11.8. The van der Waals surface area contributed by atoms with Crippen molar-refractivity contribution in [2.75, 3.05) is 17.2 Å². The smallest absolute Gasteiger partial charge is 0.238 e. The summed E-state index contributed by atoms with van der Waals surface area (Å²) in [6.07, 6.45) is 1.21. The lowest BCUT2D eigenvalue weighted by Gasteiger charge is -2.20. The zero-order valence-electron chi connectivity index (χ0n) is 12.2. The minimum absolute atomic E-state index is 0.0451. The van der Waals surface area contributed by atoms with Crippen LogP contribution in [0.25, 0.3) is 0 Å². The Morgan fingerprint density at radius 1 is 1.30 bits per heavy atom. The number of aryl methyl sites for hydroxylation is 1. The summed E-state index contributed by atoms with van der Waals surface area (Å²) in [5.41, 5.74) is 2.58. The van der Waals surface area contributed by atoms with Gasteiger partial charge >= 0.3 is 0 Å². The minimum atomic E-state index is -0.0858. The summed E-state index contributed by atoms with van der Waals surface area (Å²) in [6.45, 7) is 6.32. The van der Waals surface area contributed by atoms with E-state index in [1.165, 1.54) is 0 Å². The molecule has 108 valence electrons. The SMILES string of the molecule is CC(C)(C)NCC(=O)Nc1ccc2c(c1)CCC(=O)N2. The van der Waals surface area contributed by atoms with Gasteiger partial charge in [0, 0.05) is 23.3 Å². The number of anilines is 2. The number of carbonyl (C=O) groups is 2. The Bertz CT molecular complexity index is 532. The molecule has 0 aliphatic carbocycles. The van der Waals surface area contributed by atoms with Gasteiger partial charge in [0.25, 0.3) is 0 Å². The molecular formula is C15H21N3O2. The van der Waals surface area contributed by atoms with E-state index in [-0.39, 0.29) is 23.9 Å². The van der Waals surface area contributed by atoms with Crippen LogP contribution in [0, 0.1) is 0 Å². The first kappa shape index (κ1) is 14.5. The lowest BCUT2D eigenvalue weighted by Crippen LogP contribution is -2.41. The molecule has 0 unspecified atom stereocenters. The highest BCUT2D eigenvalue weighted by molar-refractivity contribution is 5.96. The molecule has 0 saturated heterocycles. The summed E-state index contributed by atoms with van der Waals surface area (Å²) in [4.78, 5) is 23.1. The number of fused-ring (bicyclic) bond motifs is 1.